The van der Waals surface area contributed by atoms with Crippen molar-refractivity contribution in [1.29, 1.82) is 0 Å². The third-order valence-corrected chi connectivity index (χ3v) is 3.08. The van der Waals surface area contributed by atoms with Crippen LogP contribution in [0.5, 0.6) is 0 Å². The Morgan fingerprint density at radius 1 is 1.00 bits per heavy atom. The van der Waals surface area contributed by atoms with Crippen molar-refractivity contribution in [3.63, 3.8) is 0 Å². The summed E-state index contributed by atoms with van der Waals surface area (Å²) < 4.78 is 13.8. The lowest BCUT2D eigenvalue weighted by Crippen LogP contribution is -2.27. The maximum absolute atomic E-state index is 13.8. The van der Waals surface area contributed by atoms with Crippen LogP contribution < -0.4 is 0 Å². The molecule has 0 aliphatic carbocycles. The molecule has 0 amide bonds. The van der Waals surface area contributed by atoms with E-state index in [1.165, 1.54) is 6.07 Å². The first-order chi connectivity index (χ1) is 8.18. The van der Waals surface area contributed by atoms with Crippen molar-refractivity contribution < 1.29 is 9.50 Å². The monoisotopic (exact) mass is 230 g/mol. The number of hydrogen-bond donors (Lipinski definition) is 1. The molecule has 88 valence electrons. The van der Waals surface area contributed by atoms with Crippen LogP contribution in [0.15, 0.2) is 54.6 Å². The Morgan fingerprint density at radius 2 is 1.59 bits per heavy atom. The highest BCUT2D eigenvalue weighted by atomic mass is 19.1. The second kappa shape index (κ2) is 4.68. The molecule has 1 unspecified atom stereocenters. The van der Waals surface area contributed by atoms with Crippen LogP contribution in [-0.2, 0) is 5.60 Å². The second-order valence-corrected chi connectivity index (χ2v) is 4.06. The summed E-state index contributed by atoms with van der Waals surface area (Å²) in [6.45, 7) is 1.85. The van der Waals surface area contributed by atoms with Crippen molar-refractivity contribution in [3.8, 4) is 0 Å². The molecule has 1 N–H and O–H groups in total. The summed E-state index contributed by atoms with van der Waals surface area (Å²) in [5, 5.41) is 10.7. The lowest BCUT2D eigenvalue weighted by Gasteiger charge is -2.28. The van der Waals surface area contributed by atoms with E-state index in [1.54, 1.807) is 18.2 Å². The summed E-state index contributed by atoms with van der Waals surface area (Å²) in [6.07, 6.45) is 0.429. The average molecular weight is 230 g/mol. The van der Waals surface area contributed by atoms with E-state index >= 15 is 0 Å². The summed E-state index contributed by atoms with van der Waals surface area (Å²) in [6, 6.07) is 15.6. The van der Waals surface area contributed by atoms with E-state index in [-0.39, 0.29) is 5.82 Å². The Bertz CT molecular complexity index is 495. The van der Waals surface area contributed by atoms with Gasteiger partial charge in [0.05, 0.1) is 0 Å². The second-order valence-electron chi connectivity index (χ2n) is 4.06. The van der Waals surface area contributed by atoms with Crippen LogP contribution in [-0.4, -0.2) is 5.11 Å². The molecule has 2 aromatic rings. The fraction of sp³-hybridized carbons (Fsp3) is 0.200. The van der Waals surface area contributed by atoms with Gasteiger partial charge in [-0.05, 0) is 18.1 Å². The van der Waals surface area contributed by atoms with E-state index in [4.69, 9.17) is 0 Å². The molecule has 0 aliphatic heterocycles. The predicted octanol–water partition coefficient (Wildman–Crippen LogP) is 3.47. The third kappa shape index (κ3) is 2.08. The molecule has 0 aliphatic rings. The van der Waals surface area contributed by atoms with Gasteiger partial charge in [-0.1, -0.05) is 55.5 Å². The Hall–Kier alpha value is -1.67. The maximum Gasteiger partial charge on any atom is 0.129 e. The molecule has 1 atom stereocenters. The van der Waals surface area contributed by atoms with Gasteiger partial charge in [-0.25, -0.2) is 4.39 Å². The lowest BCUT2D eigenvalue weighted by atomic mass is 9.84. The molecule has 2 rings (SSSR count). The summed E-state index contributed by atoms with van der Waals surface area (Å²) in [4.78, 5) is 0. The molecule has 0 radical (unpaired) electrons. The summed E-state index contributed by atoms with van der Waals surface area (Å²) in [5.41, 5.74) is -0.214. The molecular formula is C15H15FO. The number of benzene rings is 2. The number of rotatable bonds is 3. The van der Waals surface area contributed by atoms with Crippen molar-refractivity contribution >= 4 is 0 Å². The van der Waals surface area contributed by atoms with Gasteiger partial charge in [-0.2, -0.15) is 0 Å². The highest BCUT2D eigenvalue weighted by molar-refractivity contribution is 5.36. The Balaban J connectivity index is 2.56. The van der Waals surface area contributed by atoms with Gasteiger partial charge in [0.15, 0.2) is 0 Å². The van der Waals surface area contributed by atoms with Crippen LogP contribution in [0.2, 0.25) is 0 Å². The van der Waals surface area contributed by atoms with Gasteiger partial charge in [0, 0.05) is 5.56 Å². The van der Waals surface area contributed by atoms with Crippen LogP contribution in [0.3, 0.4) is 0 Å². The van der Waals surface area contributed by atoms with E-state index in [0.29, 0.717) is 17.5 Å². The van der Waals surface area contributed by atoms with Gasteiger partial charge in [-0.15, -0.1) is 0 Å². The number of hydrogen-bond acceptors (Lipinski definition) is 1. The highest BCUT2D eigenvalue weighted by Gasteiger charge is 2.31. The largest absolute Gasteiger partial charge is 0.380 e. The first-order valence-electron chi connectivity index (χ1n) is 5.71. The van der Waals surface area contributed by atoms with Gasteiger partial charge in [0.1, 0.15) is 11.4 Å². The molecule has 2 aromatic carbocycles. The molecular weight excluding hydrogens is 215 g/mol. The topological polar surface area (TPSA) is 20.2 Å². The van der Waals surface area contributed by atoms with Crippen LogP contribution in [0, 0.1) is 5.82 Å². The van der Waals surface area contributed by atoms with Crippen molar-refractivity contribution in [2.45, 2.75) is 18.9 Å². The van der Waals surface area contributed by atoms with Crippen LogP contribution in [0.25, 0.3) is 0 Å². The molecule has 0 bridgehead atoms. The molecule has 0 saturated carbocycles. The van der Waals surface area contributed by atoms with Crippen LogP contribution >= 0.6 is 0 Å². The first-order valence-corrected chi connectivity index (χ1v) is 5.71. The smallest absolute Gasteiger partial charge is 0.129 e. The number of aliphatic hydroxyl groups is 1. The van der Waals surface area contributed by atoms with Gasteiger partial charge in [0.25, 0.3) is 0 Å². The minimum absolute atomic E-state index is 0.328. The lowest BCUT2D eigenvalue weighted by molar-refractivity contribution is 0.0726. The van der Waals surface area contributed by atoms with Gasteiger partial charge in [0.2, 0.25) is 0 Å². The predicted molar refractivity (Wildman–Crippen MR) is 66.1 cm³/mol. The zero-order valence-corrected chi connectivity index (χ0v) is 9.73. The molecule has 17 heavy (non-hydrogen) atoms. The Morgan fingerprint density at radius 3 is 2.18 bits per heavy atom. The summed E-state index contributed by atoms with van der Waals surface area (Å²) in [7, 11) is 0. The van der Waals surface area contributed by atoms with Crippen molar-refractivity contribution in [2.24, 2.45) is 0 Å². The molecule has 0 heterocycles. The van der Waals surface area contributed by atoms with E-state index < -0.39 is 5.60 Å². The quantitative estimate of drug-likeness (QED) is 0.856. The SMILES string of the molecule is CCC(O)(c1ccccc1)c1ccccc1F. The van der Waals surface area contributed by atoms with Crippen LogP contribution in [0.1, 0.15) is 24.5 Å². The fourth-order valence-electron chi connectivity index (χ4n) is 2.06. The molecule has 0 saturated heterocycles. The fourth-order valence-corrected chi connectivity index (χ4v) is 2.06. The zero-order chi connectivity index (χ0) is 12.3. The Kier molecular flexibility index (Phi) is 3.25. The van der Waals surface area contributed by atoms with E-state index in [1.807, 2.05) is 37.3 Å². The molecule has 0 spiro atoms. The molecule has 2 heteroatoms. The molecule has 1 nitrogen and oxygen atoms in total. The van der Waals surface area contributed by atoms with Gasteiger partial charge in [-0.3, -0.25) is 0 Å². The number of halogens is 1. The molecule has 0 fully saturated rings. The van der Waals surface area contributed by atoms with E-state index in [0.717, 1.165) is 0 Å². The van der Waals surface area contributed by atoms with Crippen molar-refractivity contribution in [1.82, 2.24) is 0 Å². The zero-order valence-electron chi connectivity index (χ0n) is 9.73. The van der Waals surface area contributed by atoms with Gasteiger partial charge < -0.3 is 5.11 Å². The van der Waals surface area contributed by atoms with Gasteiger partial charge >= 0.3 is 0 Å². The maximum atomic E-state index is 13.8. The standard InChI is InChI=1S/C15H15FO/c1-2-15(17,12-8-4-3-5-9-12)13-10-6-7-11-14(13)16/h3-11,17H,2H2,1H3. The summed E-state index contributed by atoms with van der Waals surface area (Å²) in [5.74, 6) is -0.374. The highest BCUT2D eigenvalue weighted by Crippen LogP contribution is 2.33. The van der Waals surface area contributed by atoms with E-state index in [2.05, 4.69) is 0 Å². The van der Waals surface area contributed by atoms with E-state index in [9.17, 15) is 9.50 Å². The minimum atomic E-state index is -1.26. The van der Waals surface area contributed by atoms with Crippen LogP contribution in [0.4, 0.5) is 4.39 Å². The molecule has 0 aromatic heterocycles. The third-order valence-electron chi connectivity index (χ3n) is 3.08. The Labute approximate surface area is 101 Å². The minimum Gasteiger partial charge on any atom is -0.380 e. The van der Waals surface area contributed by atoms with Crippen molar-refractivity contribution in [2.75, 3.05) is 0 Å². The average Bonchev–Trinajstić information content (AvgIpc) is 2.39. The van der Waals surface area contributed by atoms with Crippen molar-refractivity contribution in [3.05, 3.63) is 71.5 Å². The summed E-state index contributed by atoms with van der Waals surface area (Å²) >= 11 is 0. The normalized spacial score (nSPS) is 14.3. The first kappa shape index (κ1) is 11.8.